The molecule has 18 heavy (non-hydrogen) atoms. The Kier molecular flexibility index (Phi) is 5.10. The third-order valence-corrected chi connectivity index (χ3v) is 4.41. The molecule has 3 atom stereocenters. The molecule has 1 aliphatic heterocycles. The van der Waals surface area contributed by atoms with Crippen LogP contribution in [0.25, 0.3) is 0 Å². The van der Waals surface area contributed by atoms with E-state index in [0.29, 0.717) is 11.8 Å². The molecule has 0 aliphatic carbocycles. The first kappa shape index (κ1) is 13.9. The predicted octanol–water partition coefficient (Wildman–Crippen LogP) is 2.40. The van der Waals surface area contributed by atoms with Crippen LogP contribution >= 0.6 is 12.6 Å². The molecule has 1 N–H and O–H groups in total. The van der Waals surface area contributed by atoms with Gasteiger partial charge in [-0.3, -0.25) is 0 Å². The van der Waals surface area contributed by atoms with E-state index in [4.69, 9.17) is 0 Å². The highest BCUT2D eigenvalue weighted by Gasteiger charge is 2.25. The third-order valence-electron chi connectivity index (χ3n) is 3.97. The molecule has 0 spiro atoms. The van der Waals surface area contributed by atoms with E-state index in [1.54, 1.807) is 0 Å². The predicted molar refractivity (Wildman–Crippen MR) is 79.3 cm³/mol. The van der Waals surface area contributed by atoms with Gasteiger partial charge >= 0.3 is 0 Å². The number of likely N-dealkylation sites (tertiary alicyclic amines) is 1. The number of hydrogen-bond donors (Lipinski definition) is 2. The topological polar surface area (TPSA) is 23.5 Å². The second kappa shape index (κ2) is 6.60. The fraction of sp³-hybridized carbons (Fsp3) is 0.600. The van der Waals surface area contributed by atoms with Gasteiger partial charge in [0.25, 0.3) is 0 Å². The summed E-state index contributed by atoms with van der Waals surface area (Å²) in [4.78, 5) is 2.37. The molecular weight excluding hydrogens is 242 g/mol. The summed E-state index contributed by atoms with van der Waals surface area (Å²) in [5, 5.41) is 9.94. The molecule has 0 amide bonds. The van der Waals surface area contributed by atoms with E-state index < -0.39 is 0 Å². The Morgan fingerprint density at radius 2 is 2.11 bits per heavy atom. The number of β-amino-alcohol motifs (C(OH)–C–C–N with tert-alkyl or cyclic N) is 1. The van der Waals surface area contributed by atoms with E-state index in [-0.39, 0.29) is 6.10 Å². The fourth-order valence-electron chi connectivity index (χ4n) is 2.59. The van der Waals surface area contributed by atoms with E-state index in [1.807, 2.05) is 6.07 Å². The van der Waals surface area contributed by atoms with Gasteiger partial charge in [-0.1, -0.05) is 37.3 Å². The van der Waals surface area contributed by atoms with Crippen LogP contribution in [0.2, 0.25) is 0 Å². The Labute approximate surface area is 115 Å². The largest absolute Gasteiger partial charge is 0.392 e. The molecule has 1 fully saturated rings. The molecule has 0 bridgehead atoms. The van der Waals surface area contributed by atoms with Crippen molar-refractivity contribution in [3.63, 3.8) is 0 Å². The van der Waals surface area contributed by atoms with Gasteiger partial charge in [-0.05, 0) is 30.2 Å². The number of thiol groups is 1. The van der Waals surface area contributed by atoms with Gasteiger partial charge in [0.2, 0.25) is 0 Å². The van der Waals surface area contributed by atoms with Crippen molar-refractivity contribution in [2.45, 2.75) is 25.4 Å². The van der Waals surface area contributed by atoms with Gasteiger partial charge in [0.15, 0.2) is 0 Å². The first-order valence-corrected chi connectivity index (χ1v) is 7.40. The number of rotatable bonds is 4. The number of piperidine rings is 1. The summed E-state index contributed by atoms with van der Waals surface area (Å²) in [5.41, 5.74) is 1.35. The number of benzene rings is 1. The van der Waals surface area contributed by atoms with E-state index in [9.17, 15) is 5.11 Å². The zero-order valence-corrected chi connectivity index (χ0v) is 11.9. The Balaban J connectivity index is 1.95. The van der Waals surface area contributed by atoms with Crippen molar-refractivity contribution in [2.75, 3.05) is 25.4 Å². The molecule has 1 saturated heterocycles. The SMILES string of the molecule is CC1CCN(CC(CS)c2ccccc2)CC1O. The molecular formula is C15H23NOS. The van der Waals surface area contributed by atoms with E-state index in [0.717, 1.165) is 31.8 Å². The number of aliphatic hydroxyl groups excluding tert-OH is 1. The van der Waals surface area contributed by atoms with Crippen LogP contribution in [-0.4, -0.2) is 41.5 Å². The van der Waals surface area contributed by atoms with Gasteiger partial charge in [0, 0.05) is 19.0 Å². The van der Waals surface area contributed by atoms with E-state index in [2.05, 4.69) is 48.7 Å². The van der Waals surface area contributed by atoms with Crippen LogP contribution in [0.5, 0.6) is 0 Å². The molecule has 1 aromatic rings. The number of nitrogens with zero attached hydrogens (tertiary/aromatic N) is 1. The summed E-state index contributed by atoms with van der Waals surface area (Å²) in [6.45, 7) is 5.03. The van der Waals surface area contributed by atoms with Gasteiger partial charge in [-0.2, -0.15) is 12.6 Å². The maximum atomic E-state index is 9.94. The first-order valence-electron chi connectivity index (χ1n) is 6.77. The van der Waals surface area contributed by atoms with Crippen LogP contribution in [0.4, 0.5) is 0 Å². The fourth-order valence-corrected chi connectivity index (χ4v) is 2.91. The summed E-state index contributed by atoms with van der Waals surface area (Å²) < 4.78 is 0. The minimum Gasteiger partial charge on any atom is -0.392 e. The highest BCUT2D eigenvalue weighted by atomic mass is 32.1. The highest BCUT2D eigenvalue weighted by molar-refractivity contribution is 7.80. The zero-order chi connectivity index (χ0) is 13.0. The zero-order valence-electron chi connectivity index (χ0n) is 11.0. The maximum Gasteiger partial charge on any atom is 0.0693 e. The molecule has 100 valence electrons. The molecule has 0 aromatic heterocycles. The van der Waals surface area contributed by atoms with Crippen LogP contribution in [0.1, 0.15) is 24.8 Å². The lowest BCUT2D eigenvalue weighted by molar-refractivity contribution is 0.0275. The van der Waals surface area contributed by atoms with Crippen LogP contribution in [0.15, 0.2) is 30.3 Å². The van der Waals surface area contributed by atoms with Gasteiger partial charge in [0.05, 0.1) is 6.10 Å². The average Bonchev–Trinajstić information content (AvgIpc) is 2.41. The van der Waals surface area contributed by atoms with Crippen molar-refractivity contribution in [3.05, 3.63) is 35.9 Å². The lowest BCUT2D eigenvalue weighted by Gasteiger charge is -2.36. The van der Waals surface area contributed by atoms with Crippen LogP contribution in [0.3, 0.4) is 0 Å². The molecule has 3 heteroatoms. The minimum absolute atomic E-state index is 0.171. The summed E-state index contributed by atoms with van der Waals surface area (Å²) >= 11 is 4.48. The number of aliphatic hydroxyl groups is 1. The average molecular weight is 265 g/mol. The van der Waals surface area contributed by atoms with Crippen molar-refractivity contribution in [1.82, 2.24) is 4.90 Å². The van der Waals surface area contributed by atoms with Crippen molar-refractivity contribution in [2.24, 2.45) is 5.92 Å². The molecule has 1 aromatic carbocycles. The van der Waals surface area contributed by atoms with Gasteiger partial charge in [-0.25, -0.2) is 0 Å². The van der Waals surface area contributed by atoms with Gasteiger partial charge in [-0.15, -0.1) is 0 Å². The van der Waals surface area contributed by atoms with Crippen LogP contribution in [0, 0.1) is 5.92 Å². The lowest BCUT2D eigenvalue weighted by atomic mass is 9.94. The van der Waals surface area contributed by atoms with E-state index >= 15 is 0 Å². The third kappa shape index (κ3) is 3.50. The van der Waals surface area contributed by atoms with Crippen molar-refractivity contribution in [3.8, 4) is 0 Å². The first-order chi connectivity index (χ1) is 8.70. The van der Waals surface area contributed by atoms with Crippen LogP contribution < -0.4 is 0 Å². The van der Waals surface area contributed by atoms with E-state index in [1.165, 1.54) is 5.56 Å². The van der Waals surface area contributed by atoms with Gasteiger partial charge < -0.3 is 10.0 Å². The normalized spacial score (nSPS) is 27.1. The van der Waals surface area contributed by atoms with Crippen molar-refractivity contribution >= 4 is 12.6 Å². The lowest BCUT2D eigenvalue weighted by Crippen LogP contribution is -2.44. The molecule has 1 aliphatic rings. The molecule has 1 heterocycles. The Hall–Kier alpha value is -0.510. The summed E-state index contributed by atoms with van der Waals surface area (Å²) in [7, 11) is 0. The molecule has 3 unspecified atom stereocenters. The quantitative estimate of drug-likeness (QED) is 0.817. The van der Waals surface area contributed by atoms with Gasteiger partial charge in [0.1, 0.15) is 0 Å². The molecule has 2 rings (SSSR count). The smallest absolute Gasteiger partial charge is 0.0693 e. The highest BCUT2D eigenvalue weighted by Crippen LogP contribution is 2.22. The molecule has 0 saturated carbocycles. The van der Waals surface area contributed by atoms with Crippen LogP contribution in [-0.2, 0) is 0 Å². The summed E-state index contributed by atoms with van der Waals surface area (Å²) in [5.74, 6) is 1.74. The second-order valence-electron chi connectivity index (χ2n) is 5.38. The maximum absolute atomic E-state index is 9.94. The summed E-state index contributed by atoms with van der Waals surface area (Å²) in [6, 6.07) is 10.6. The number of hydrogen-bond acceptors (Lipinski definition) is 3. The molecule has 2 nitrogen and oxygen atoms in total. The monoisotopic (exact) mass is 265 g/mol. The second-order valence-corrected chi connectivity index (χ2v) is 5.75. The Bertz CT molecular complexity index is 357. The van der Waals surface area contributed by atoms with Crippen molar-refractivity contribution < 1.29 is 5.11 Å². The minimum atomic E-state index is -0.171. The summed E-state index contributed by atoms with van der Waals surface area (Å²) in [6.07, 6.45) is 0.921. The van der Waals surface area contributed by atoms with Crippen molar-refractivity contribution in [1.29, 1.82) is 0 Å². The molecule has 0 radical (unpaired) electrons. The standard InChI is InChI=1S/C15H23NOS/c1-12-7-8-16(10-15(12)17)9-14(11-18)13-5-3-2-4-6-13/h2-6,12,14-15,17-18H,7-11H2,1H3. The Morgan fingerprint density at radius 3 is 2.72 bits per heavy atom. The Morgan fingerprint density at radius 1 is 1.39 bits per heavy atom.